The summed E-state index contributed by atoms with van der Waals surface area (Å²) in [6.07, 6.45) is 4.67. The van der Waals surface area contributed by atoms with E-state index in [1.54, 1.807) is 0 Å². The van der Waals surface area contributed by atoms with Crippen LogP contribution in [0.15, 0.2) is 0 Å². The highest BCUT2D eigenvalue weighted by molar-refractivity contribution is 5.38. The lowest BCUT2D eigenvalue weighted by atomic mass is 10.3. The monoisotopic (exact) mass is 279 g/mol. The molecule has 1 aliphatic rings. The fourth-order valence-corrected chi connectivity index (χ4v) is 2.01. The zero-order chi connectivity index (χ0) is 14.4. The predicted octanol–water partition coefficient (Wildman–Crippen LogP) is 2.33. The van der Waals surface area contributed by atoms with Gasteiger partial charge in [-0.3, -0.25) is 0 Å². The maximum Gasteiger partial charge on any atom is 0.323 e. The van der Waals surface area contributed by atoms with Gasteiger partial charge in [-0.2, -0.15) is 15.0 Å². The van der Waals surface area contributed by atoms with Gasteiger partial charge in [0.15, 0.2) is 0 Å². The first-order chi connectivity index (χ1) is 9.76. The lowest BCUT2D eigenvalue weighted by molar-refractivity contribution is 0.291. The van der Waals surface area contributed by atoms with Crippen LogP contribution in [0.4, 0.5) is 11.9 Å². The Kier molecular flexibility index (Phi) is 5.38. The molecular weight excluding hydrogens is 254 g/mol. The van der Waals surface area contributed by atoms with Crippen LogP contribution in [0.1, 0.15) is 39.5 Å². The molecule has 1 aromatic rings. The van der Waals surface area contributed by atoms with Crippen molar-refractivity contribution >= 4 is 11.9 Å². The first kappa shape index (κ1) is 14.8. The van der Waals surface area contributed by atoms with Crippen molar-refractivity contribution in [2.45, 2.75) is 39.5 Å². The molecule has 1 saturated carbocycles. The van der Waals surface area contributed by atoms with Crippen molar-refractivity contribution in [2.75, 3.05) is 37.0 Å². The van der Waals surface area contributed by atoms with Crippen molar-refractivity contribution in [3.63, 3.8) is 0 Å². The first-order valence-corrected chi connectivity index (χ1v) is 7.58. The summed E-state index contributed by atoms with van der Waals surface area (Å²) in [6.45, 7) is 6.88. The standard InChI is InChI=1S/C14H25N5O/c1-4-8-19(10-11-6-7-11)13-16-12(15-3)17-14(18-13)20-9-5-2/h11H,4-10H2,1-3H3,(H,15,16,17,18). The van der Waals surface area contributed by atoms with E-state index in [1.165, 1.54) is 12.8 Å². The van der Waals surface area contributed by atoms with Crippen LogP contribution >= 0.6 is 0 Å². The second-order valence-electron chi connectivity index (χ2n) is 5.23. The third kappa shape index (κ3) is 4.21. The average molecular weight is 279 g/mol. The summed E-state index contributed by atoms with van der Waals surface area (Å²) >= 11 is 0. The molecule has 6 heteroatoms. The Morgan fingerprint density at radius 2 is 2.00 bits per heavy atom. The van der Waals surface area contributed by atoms with E-state index in [0.29, 0.717) is 18.6 Å². The van der Waals surface area contributed by atoms with Crippen LogP contribution in [0.5, 0.6) is 6.01 Å². The summed E-state index contributed by atoms with van der Waals surface area (Å²) in [6, 6.07) is 0.415. The highest BCUT2D eigenvalue weighted by atomic mass is 16.5. The van der Waals surface area contributed by atoms with E-state index in [9.17, 15) is 0 Å². The minimum atomic E-state index is 0.415. The number of hydrogen-bond donors (Lipinski definition) is 1. The molecule has 20 heavy (non-hydrogen) atoms. The Bertz CT molecular complexity index is 422. The van der Waals surface area contributed by atoms with E-state index in [2.05, 4.69) is 39.0 Å². The average Bonchev–Trinajstić information content (AvgIpc) is 3.28. The van der Waals surface area contributed by atoms with Gasteiger partial charge < -0.3 is 15.0 Å². The van der Waals surface area contributed by atoms with Crippen molar-refractivity contribution in [1.29, 1.82) is 0 Å². The van der Waals surface area contributed by atoms with Crippen LogP contribution in [-0.2, 0) is 0 Å². The summed E-state index contributed by atoms with van der Waals surface area (Å²) in [5.74, 6) is 2.10. The van der Waals surface area contributed by atoms with Gasteiger partial charge in [0.2, 0.25) is 11.9 Å². The molecule has 6 nitrogen and oxygen atoms in total. The fraction of sp³-hybridized carbons (Fsp3) is 0.786. The number of aromatic nitrogens is 3. The molecule has 1 aromatic heterocycles. The third-order valence-electron chi connectivity index (χ3n) is 3.21. The summed E-state index contributed by atoms with van der Waals surface area (Å²) in [7, 11) is 1.81. The highest BCUT2D eigenvalue weighted by Crippen LogP contribution is 2.31. The van der Waals surface area contributed by atoms with Gasteiger partial charge in [-0.15, -0.1) is 0 Å². The zero-order valence-corrected chi connectivity index (χ0v) is 12.7. The van der Waals surface area contributed by atoms with Gasteiger partial charge in [0.25, 0.3) is 0 Å². The quantitative estimate of drug-likeness (QED) is 0.748. The van der Waals surface area contributed by atoms with E-state index < -0.39 is 0 Å². The Hall–Kier alpha value is -1.59. The van der Waals surface area contributed by atoms with Gasteiger partial charge in [-0.05, 0) is 31.6 Å². The largest absolute Gasteiger partial charge is 0.463 e. The van der Waals surface area contributed by atoms with Gasteiger partial charge >= 0.3 is 6.01 Å². The molecule has 0 amide bonds. The van der Waals surface area contributed by atoms with Crippen molar-refractivity contribution in [3.8, 4) is 6.01 Å². The molecule has 112 valence electrons. The van der Waals surface area contributed by atoms with Crippen LogP contribution in [0, 0.1) is 5.92 Å². The summed E-state index contributed by atoms with van der Waals surface area (Å²) in [4.78, 5) is 15.4. The Balaban J connectivity index is 2.16. The van der Waals surface area contributed by atoms with Crippen LogP contribution in [0.3, 0.4) is 0 Å². The first-order valence-electron chi connectivity index (χ1n) is 7.58. The summed E-state index contributed by atoms with van der Waals surface area (Å²) < 4.78 is 5.56. The predicted molar refractivity (Wildman–Crippen MR) is 80.4 cm³/mol. The molecule has 0 radical (unpaired) electrons. The minimum Gasteiger partial charge on any atom is -0.463 e. The molecule has 0 aromatic carbocycles. The van der Waals surface area contributed by atoms with Crippen molar-refractivity contribution < 1.29 is 4.74 Å². The molecule has 1 aliphatic carbocycles. The molecule has 1 N–H and O–H groups in total. The molecule has 1 fully saturated rings. The van der Waals surface area contributed by atoms with Crippen molar-refractivity contribution in [2.24, 2.45) is 5.92 Å². The molecule has 0 aliphatic heterocycles. The Labute approximate surface area is 121 Å². The number of ether oxygens (including phenoxy) is 1. The fourth-order valence-electron chi connectivity index (χ4n) is 2.01. The third-order valence-corrected chi connectivity index (χ3v) is 3.21. The SMILES string of the molecule is CCCOc1nc(NC)nc(N(CCC)CC2CC2)n1. The number of hydrogen-bond acceptors (Lipinski definition) is 6. The van der Waals surface area contributed by atoms with Crippen LogP contribution in [0.25, 0.3) is 0 Å². The molecule has 2 rings (SSSR count). The normalized spacial score (nSPS) is 14.2. The number of rotatable bonds is 9. The van der Waals surface area contributed by atoms with Crippen LogP contribution in [-0.4, -0.2) is 41.7 Å². The number of nitrogens with one attached hydrogen (secondary N) is 1. The van der Waals surface area contributed by atoms with Gasteiger partial charge in [-0.25, -0.2) is 0 Å². The second kappa shape index (κ2) is 7.26. The van der Waals surface area contributed by atoms with Crippen molar-refractivity contribution in [3.05, 3.63) is 0 Å². The van der Waals surface area contributed by atoms with E-state index in [-0.39, 0.29) is 0 Å². The number of anilines is 2. The highest BCUT2D eigenvalue weighted by Gasteiger charge is 2.25. The molecule has 1 heterocycles. The van der Waals surface area contributed by atoms with Gasteiger partial charge in [-0.1, -0.05) is 13.8 Å². The maximum atomic E-state index is 5.56. The molecule has 0 unspecified atom stereocenters. The Morgan fingerprint density at radius 3 is 2.60 bits per heavy atom. The lowest BCUT2D eigenvalue weighted by Gasteiger charge is -2.22. The molecule has 0 spiro atoms. The summed E-state index contributed by atoms with van der Waals surface area (Å²) in [5.41, 5.74) is 0. The molecule has 0 saturated heterocycles. The summed E-state index contributed by atoms with van der Waals surface area (Å²) in [5, 5.41) is 2.98. The molecule has 0 bridgehead atoms. The second-order valence-corrected chi connectivity index (χ2v) is 5.23. The zero-order valence-electron chi connectivity index (χ0n) is 12.7. The smallest absolute Gasteiger partial charge is 0.323 e. The van der Waals surface area contributed by atoms with E-state index in [0.717, 1.165) is 37.8 Å². The minimum absolute atomic E-state index is 0.415. The van der Waals surface area contributed by atoms with Crippen LogP contribution in [0.2, 0.25) is 0 Å². The Morgan fingerprint density at radius 1 is 1.20 bits per heavy atom. The van der Waals surface area contributed by atoms with E-state index in [1.807, 2.05) is 7.05 Å². The van der Waals surface area contributed by atoms with Gasteiger partial charge in [0.1, 0.15) is 0 Å². The van der Waals surface area contributed by atoms with Gasteiger partial charge in [0.05, 0.1) is 6.61 Å². The van der Waals surface area contributed by atoms with E-state index >= 15 is 0 Å². The lowest BCUT2D eigenvalue weighted by Crippen LogP contribution is -2.29. The number of nitrogens with zero attached hydrogens (tertiary/aromatic N) is 4. The van der Waals surface area contributed by atoms with E-state index in [4.69, 9.17) is 4.74 Å². The van der Waals surface area contributed by atoms with Crippen LogP contribution < -0.4 is 15.0 Å². The maximum absolute atomic E-state index is 5.56. The molecular formula is C14H25N5O. The topological polar surface area (TPSA) is 63.2 Å². The molecule has 0 atom stereocenters. The van der Waals surface area contributed by atoms with Gasteiger partial charge in [0, 0.05) is 20.1 Å². The van der Waals surface area contributed by atoms with Crippen molar-refractivity contribution in [1.82, 2.24) is 15.0 Å².